The molecule has 0 amide bonds. The van der Waals surface area contributed by atoms with Crippen LogP contribution in [0.5, 0.6) is 0 Å². The second kappa shape index (κ2) is 3.46. The van der Waals surface area contributed by atoms with Crippen LogP contribution in [0.2, 0.25) is 0 Å². The van der Waals surface area contributed by atoms with E-state index in [1.807, 2.05) is 0 Å². The van der Waals surface area contributed by atoms with Crippen molar-refractivity contribution < 1.29 is 9.59 Å². The highest BCUT2D eigenvalue weighted by Crippen LogP contribution is 2.19. The lowest BCUT2D eigenvalue weighted by Gasteiger charge is -2.14. The third-order valence-electron chi connectivity index (χ3n) is 2.25. The summed E-state index contributed by atoms with van der Waals surface area (Å²) >= 11 is 0. The zero-order valence-electron chi connectivity index (χ0n) is 7.73. The van der Waals surface area contributed by atoms with Gasteiger partial charge in [-0.2, -0.15) is 10.3 Å². The van der Waals surface area contributed by atoms with Crippen molar-refractivity contribution in [3.05, 3.63) is 35.4 Å². The SMILES string of the molecule is N#CN=C1CC(=O)C(=O)c2ccccc21. The minimum Gasteiger partial charge on any atom is -0.290 e. The minimum atomic E-state index is -0.511. The molecule has 0 aromatic heterocycles. The molecule has 4 nitrogen and oxygen atoms in total. The van der Waals surface area contributed by atoms with E-state index < -0.39 is 11.6 Å². The summed E-state index contributed by atoms with van der Waals surface area (Å²) in [6.07, 6.45) is 1.56. The first-order valence-electron chi connectivity index (χ1n) is 4.36. The fraction of sp³-hybridized carbons (Fsp3) is 0.0909. The number of carbonyl (C=O) groups excluding carboxylic acids is 2. The second-order valence-electron chi connectivity index (χ2n) is 3.13. The number of carbonyl (C=O) groups is 2. The Bertz CT molecular complexity index is 524. The Balaban J connectivity index is 2.66. The summed E-state index contributed by atoms with van der Waals surface area (Å²) in [5, 5.41) is 8.46. The normalized spacial score (nSPS) is 17.4. The fourth-order valence-corrected chi connectivity index (χ4v) is 1.57. The van der Waals surface area contributed by atoms with Gasteiger partial charge in [0.1, 0.15) is 0 Å². The van der Waals surface area contributed by atoms with Gasteiger partial charge in [0.25, 0.3) is 0 Å². The molecule has 1 aromatic rings. The summed E-state index contributed by atoms with van der Waals surface area (Å²) in [5.41, 5.74) is 1.30. The van der Waals surface area contributed by atoms with E-state index in [2.05, 4.69) is 4.99 Å². The maximum Gasteiger partial charge on any atom is 0.229 e. The molecule has 0 aliphatic heterocycles. The van der Waals surface area contributed by atoms with Gasteiger partial charge in [0.05, 0.1) is 12.1 Å². The van der Waals surface area contributed by atoms with Crippen LogP contribution in [0.4, 0.5) is 0 Å². The number of ketones is 2. The third kappa shape index (κ3) is 1.44. The van der Waals surface area contributed by atoms with Crippen LogP contribution in [-0.2, 0) is 4.79 Å². The van der Waals surface area contributed by atoms with Crippen LogP contribution >= 0.6 is 0 Å². The molecule has 15 heavy (non-hydrogen) atoms. The molecule has 1 aliphatic carbocycles. The molecular weight excluding hydrogens is 192 g/mol. The number of fused-ring (bicyclic) bond motifs is 1. The Kier molecular flexibility index (Phi) is 2.14. The van der Waals surface area contributed by atoms with Gasteiger partial charge in [-0.3, -0.25) is 9.59 Å². The number of aliphatic imine (C=N–C) groups is 1. The number of rotatable bonds is 0. The molecular formula is C11H6N2O2. The molecule has 1 aliphatic rings. The molecule has 0 saturated heterocycles. The Morgan fingerprint density at radius 3 is 2.53 bits per heavy atom. The van der Waals surface area contributed by atoms with E-state index in [4.69, 9.17) is 5.26 Å². The molecule has 0 N–H and O–H groups in total. The average molecular weight is 198 g/mol. The predicted molar refractivity (Wildman–Crippen MR) is 52.5 cm³/mol. The first-order valence-corrected chi connectivity index (χ1v) is 4.36. The smallest absolute Gasteiger partial charge is 0.229 e. The summed E-state index contributed by atoms with van der Waals surface area (Å²) in [5.74, 6) is -1.01. The van der Waals surface area contributed by atoms with E-state index in [1.165, 1.54) is 0 Å². The van der Waals surface area contributed by atoms with Crippen LogP contribution in [0.1, 0.15) is 22.3 Å². The highest BCUT2D eigenvalue weighted by molar-refractivity contribution is 6.51. The van der Waals surface area contributed by atoms with Crippen molar-refractivity contribution >= 4 is 17.3 Å². The molecule has 0 atom stereocenters. The number of nitrogens with zero attached hydrogens (tertiary/aromatic N) is 2. The van der Waals surface area contributed by atoms with Crippen LogP contribution < -0.4 is 0 Å². The van der Waals surface area contributed by atoms with Crippen molar-refractivity contribution in [3.8, 4) is 6.19 Å². The molecule has 0 unspecified atom stereocenters. The van der Waals surface area contributed by atoms with Gasteiger partial charge >= 0.3 is 0 Å². The molecule has 4 heteroatoms. The largest absolute Gasteiger partial charge is 0.290 e. The van der Waals surface area contributed by atoms with Gasteiger partial charge in [-0.1, -0.05) is 24.3 Å². The molecule has 1 aromatic carbocycles. The number of nitriles is 1. The zero-order valence-corrected chi connectivity index (χ0v) is 7.73. The van der Waals surface area contributed by atoms with E-state index in [-0.39, 0.29) is 6.42 Å². The highest BCUT2D eigenvalue weighted by Gasteiger charge is 2.28. The van der Waals surface area contributed by atoms with E-state index >= 15 is 0 Å². The Morgan fingerprint density at radius 1 is 1.20 bits per heavy atom. The quantitative estimate of drug-likeness (QED) is 0.463. The molecule has 0 spiro atoms. The van der Waals surface area contributed by atoms with Crippen LogP contribution in [0, 0.1) is 11.5 Å². The van der Waals surface area contributed by atoms with Crippen LogP contribution in [0.3, 0.4) is 0 Å². The Labute approximate surface area is 85.9 Å². The van der Waals surface area contributed by atoms with Crippen molar-refractivity contribution in [2.24, 2.45) is 4.99 Å². The number of hydrogen-bond donors (Lipinski definition) is 0. The van der Waals surface area contributed by atoms with Gasteiger partial charge in [0.15, 0.2) is 0 Å². The third-order valence-corrected chi connectivity index (χ3v) is 2.25. The maximum absolute atomic E-state index is 11.5. The molecule has 0 fully saturated rings. The van der Waals surface area contributed by atoms with E-state index in [9.17, 15) is 9.59 Å². The van der Waals surface area contributed by atoms with Crippen molar-refractivity contribution in [1.29, 1.82) is 5.26 Å². The summed E-state index contributed by atoms with van der Waals surface area (Å²) in [6, 6.07) is 6.69. The molecule has 0 saturated carbocycles. The van der Waals surface area contributed by atoms with Crippen molar-refractivity contribution in [2.75, 3.05) is 0 Å². The molecule has 0 bridgehead atoms. The summed E-state index contributed by atoms with van der Waals surface area (Å²) in [7, 11) is 0. The number of Topliss-reactive ketones (excluding diaryl/α,β-unsaturated/α-hetero) is 2. The monoisotopic (exact) mass is 198 g/mol. The molecule has 0 radical (unpaired) electrons. The molecule has 72 valence electrons. The fourth-order valence-electron chi connectivity index (χ4n) is 1.57. The molecule has 0 heterocycles. The van der Waals surface area contributed by atoms with Crippen molar-refractivity contribution in [3.63, 3.8) is 0 Å². The first-order chi connectivity index (χ1) is 7.24. The maximum atomic E-state index is 11.5. The van der Waals surface area contributed by atoms with E-state index in [0.29, 0.717) is 16.8 Å². The Morgan fingerprint density at radius 2 is 1.87 bits per heavy atom. The summed E-state index contributed by atoms with van der Waals surface area (Å²) in [6.45, 7) is 0. The lowest BCUT2D eigenvalue weighted by molar-refractivity contribution is -0.114. The van der Waals surface area contributed by atoms with Gasteiger partial charge < -0.3 is 0 Å². The topological polar surface area (TPSA) is 70.3 Å². The van der Waals surface area contributed by atoms with Gasteiger partial charge in [0.2, 0.25) is 17.8 Å². The van der Waals surface area contributed by atoms with Crippen molar-refractivity contribution in [1.82, 2.24) is 0 Å². The molecule has 2 rings (SSSR count). The number of benzene rings is 1. The summed E-state index contributed by atoms with van der Waals surface area (Å²) in [4.78, 5) is 26.3. The van der Waals surface area contributed by atoms with Gasteiger partial charge in [0, 0.05) is 11.1 Å². The average Bonchev–Trinajstić information content (AvgIpc) is 2.26. The van der Waals surface area contributed by atoms with Crippen LogP contribution in [0.25, 0.3) is 0 Å². The standard InChI is InChI=1S/C11H6N2O2/c12-6-13-9-5-10(14)11(15)8-4-2-1-3-7(8)9/h1-4H,5H2. The lowest BCUT2D eigenvalue weighted by Crippen LogP contribution is -2.27. The van der Waals surface area contributed by atoms with E-state index in [0.717, 1.165) is 0 Å². The first kappa shape index (κ1) is 9.28. The van der Waals surface area contributed by atoms with Gasteiger partial charge in [-0.15, -0.1) is 0 Å². The van der Waals surface area contributed by atoms with Crippen LogP contribution in [-0.4, -0.2) is 17.3 Å². The minimum absolute atomic E-state index is 0.0800. The number of hydrogen-bond acceptors (Lipinski definition) is 4. The van der Waals surface area contributed by atoms with Crippen molar-refractivity contribution in [2.45, 2.75) is 6.42 Å². The van der Waals surface area contributed by atoms with Gasteiger partial charge in [-0.05, 0) is 0 Å². The summed E-state index contributed by atoms with van der Waals surface area (Å²) < 4.78 is 0. The predicted octanol–water partition coefficient (Wildman–Crippen LogP) is 1.11. The Hall–Kier alpha value is -2.28. The highest BCUT2D eigenvalue weighted by atomic mass is 16.2. The van der Waals surface area contributed by atoms with Crippen LogP contribution in [0.15, 0.2) is 29.3 Å². The lowest BCUT2D eigenvalue weighted by atomic mass is 9.88. The second-order valence-corrected chi connectivity index (χ2v) is 3.13. The zero-order chi connectivity index (χ0) is 10.8. The van der Waals surface area contributed by atoms with E-state index in [1.54, 1.807) is 30.5 Å². The van der Waals surface area contributed by atoms with Gasteiger partial charge in [-0.25, -0.2) is 0 Å².